The molecule has 0 aromatic heterocycles. The van der Waals surface area contributed by atoms with Crippen LogP contribution in [0.4, 0.5) is 0 Å². The average Bonchev–Trinajstić information content (AvgIpc) is 2.28. The molecule has 0 amide bonds. The number of rotatable bonds is 4. The van der Waals surface area contributed by atoms with Gasteiger partial charge in [-0.25, -0.2) is 0 Å². The highest BCUT2D eigenvalue weighted by molar-refractivity contribution is 14.1. The minimum absolute atomic E-state index is 0.103. The highest BCUT2D eigenvalue weighted by Crippen LogP contribution is 2.26. The lowest BCUT2D eigenvalue weighted by Gasteiger charge is -2.17. The van der Waals surface area contributed by atoms with Crippen molar-refractivity contribution in [3.8, 4) is 11.8 Å². The van der Waals surface area contributed by atoms with Gasteiger partial charge in [-0.2, -0.15) is 0 Å². The second kappa shape index (κ2) is 7.13. The fourth-order valence-corrected chi connectivity index (χ4v) is 2.34. The van der Waals surface area contributed by atoms with E-state index in [0.29, 0.717) is 0 Å². The van der Waals surface area contributed by atoms with Crippen LogP contribution in [-0.4, -0.2) is 0 Å². The number of hydrazine groups is 1. The highest BCUT2D eigenvalue weighted by atomic mass is 127. The third-order valence-electron chi connectivity index (χ3n) is 2.27. The van der Waals surface area contributed by atoms with Crippen molar-refractivity contribution in [1.82, 2.24) is 5.43 Å². The van der Waals surface area contributed by atoms with Crippen LogP contribution < -0.4 is 11.3 Å². The van der Waals surface area contributed by atoms with Gasteiger partial charge in [-0.1, -0.05) is 11.6 Å². The van der Waals surface area contributed by atoms with E-state index in [4.69, 9.17) is 17.4 Å². The van der Waals surface area contributed by atoms with Gasteiger partial charge < -0.3 is 0 Å². The maximum atomic E-state index is 5.98. The summed E-state index contributed by atoms with van der Waals surface area (Å²) < 4.78 is 1.16. The molecule has 0 saturated heterocycles. The summed E-state index contributed by atoms with van der Waals surface area (Å²) in [5.74, 6) is 11.5. The van der Waals surface area contributed by atoms with E-state index in [9.17, 15) is 0 Å². The third-order valence-corrected chi connectivity index (χ3v) is 3.49. The first-order valence-corrected chi connectivity index (χ1v) is 6.45. The van der Waals surface area contributed by atoms with Crippen LogP contribution in [0.3, 0.4) is 0 Å². The summed E-state index contributed by atoms with van der Waals surface area (Å²) in [6.45, 7) is 1.84. The van der Waals surface area contributed by atoms with Crippen molar-refractivity contribution in [2.24, 2.45) is 5.84 Å². The normalized spacial score (nSPS) is 11.8. The topological polar surface area (TPSA) is 38.0 Å². The van der Waals surface area contributed by atoms with E-state index in [1.165, 1.54) is 0 Å². The molecule has 0 aliphatic heterocycles. The Morgan fingerprint density at radius 1 is 1.56 bits per heavy atom. The van der Waals surface area contributed by atoms with Crippen molar-refractivity contribution in [1.29, 1.82) is 0 Å². The van der Waals surface area contributed by atoms with E-state index < -0.39 is 0 Å². The van der Waals surface area contributed by atoms with E-state index in [-0.39, 0.29) is 6.04 Å². The van der Waals surface area contributed by atoms with Crippen molar-refractivity contribution < 1.29 is 0 Å². The summed E-state index contributed by atoms with van der Waals surface area (Å²) in [4.78, 5) is 0. The summed E-state index contributed by atoms with van der Waals surface area (Å²) in [5.41, 5.74) is 3.95. The standard InChI is InChI=1S/C12H14ClIN2/c1-2-3-4-5-12(16-15)10-8-9(13)6-7-11(10)14/h6-8,12,16H,4-5,15H2,1H3. The second-order valence-electron chi connectivity index (χ2n) is 3.35. The number of benzene rings is 1. The van der Waals surface area contributed by atoms with E-state index in [2.05, 4.69) is 39.9 Å². The first-order valence-electron chi connectivity index (χ1n) is 4.99. The van der Waals surface area contributed by atoms with Crippen molar-refractivity contribution in [2.75, 3.05) is 0 Å². The molecule has 0 radical (unpaired) electrons. The molecule has 1 rings (SSSR count). The first kappa shape index (κ1) is 13.8. The van der Waals surface area contributed by atoms with Crippen LogP contribution >= 0.6 is 34.2 Å². The Balaban J connectivity index is 2.84. The molecule has 0 heterocycles. The smallest absolute Gasteiger partial charge is 0.0480 e. The van der Waals surface area contributed by atoms with Crippen molar-refractivity contribution in [3.05, 3.63) is 32.4 Å². The second-order valence-corrected chi connectivity index (χ2v) is 4.95. The largest absolute Gasteiger partial charge is 0.271 e. The first-order chi connectivity index (χ1) is 7.69. The predicted octanol–water partition coefficient (Wildman–Crippen LogP) is 3.25. The van der Waals surface area contributed by atoms with Gasteiger partial charge in [0.2, 0.25) is 0 Å². The Bertz CT molecular complexity index is 409. The van der Waals surface area contributed by atoms with Crippen LogP contribution in [0.15, 0.2) is 18.2 Å². The van der Waals surface area contributed by atoms with Crippen LogP contribution in [0.5, 0.6) is 0 Å². The highest BCUT2D eigenvalue weighted by Gasteiger charge is 2.12. The van der Waals surface area contributed by atoms with Gasteiger partial charge in [0.25, 0.3) is 0 Å². The average molecular weight is 349 g/mol. The molecule has 0 fully saturated rings. The minimum Gasteiger partial charge on any atom is -0.271 e. The maximum absolute atomic E-state index is 5.98. The lowest BCUT2D eigenvalue weighted by Crippen LogP contribution is -2.28. The molecular formula is C12H14ClIN2. The fraction of sp³-hybridized carbons (Fsp3) is 0.333. The molecule has 1 aromatic carbocycles. The number of hydrogen-bond donors (Lipinski definition) is 2. The third kappa shape index (κ3) is 3.95. The zero-order chi connectivity index (χ0) is 12.0. The number of hydrogen-bond acceptors (Lipinski definition) is 2. The molecule has 16 heavy (non-hydrogen) atoms. The summed E-state index contributed by atoms with van der Waals surface area (Å²) in [7, 11) is 0. The molecule has 1 unspecified atom stereocenters. The zero-order valence-electron chi connectivity index (χ0n) is 9.06. The Kier molecular flexibility index (Phi) is 6.14. The number of halogens is 2. The molecule has 2 nitrogen and oxygen atoms in total. The summed E-state index contributed by atoms with van der Waals surface area (Å²) in [6.07, 6.45) is 1.71. The van der Waals surface area contributed by atoms with Crippen molar-refractivity contribution >= 4 is 34.2 Å². The zero-order valence-corrected chi connectivity index (χ0v) is 12.0. The lowest BCUT2D eigenvalue weighted by molar-refractivity contribution is 0.522. The molecule has 0 spiro atoms. The van der Waals surface area contributed by atoms with Gasteiger partial charge in [-0.15, -0.1) is 11.8 Å². The van der Waals surface area contributed by atoms with Gasteiger partial charge in [0.15, 0.2) is 0 Å². The van der Waals surface area contributed by atoms with E-state index >= 15 is 0 Å². The Morgan fingerprint density at radius 2 is 2.31 bits per heavy atom. The molecule has 4 heteroatoms. The maximum Gasteiger partial charge on any atom is 0.0480 e. The minimum atomic E-state index is 0.103. The molecule has 86 valence electrons. The van der Waals surface area contributed by atoms with Gasteiger partial charge in [0, 0.05) is 21.1 Å². The molecule has 3 N–H and O–H groups in total. The predicted molar refractivity (Wildman–Crippen MR) is 76.9 cm³/mol. The summed E-state index contributed by atoms with van der Waals surface area (Å²) in [5, 5.41) is 0.734. The van der Waals surface area contributed by atoms with Gasteiger partial charge in [-0.05, 0) is 59.7 Å². The van der Waals surface area contributed by atoms with Crippen molar-refractivity contribution in [2.45, 2.75) is 25.8 Å². The van der Waals surface area contributed by atoms with Crippen LogP contribution in [0.1, 0.15) is 31.4 Å². The van der Waals surface area contributed by atoms with Crippen LogP contribution in [0.2, 0.25) is 5.02 Å². The number of nitrogens with one attached hydrogen (secondary N) is 1. The molecule has 0 aliphatic carbocycles. The van der Waals surface area contributed by atoms with Crippen LogP contribution in [-0.2, 0) is 0 Å². The monoisotopic (exact) mass is 348 g/mol. The van der Waals surface area contributed by atoms with Gasteiger partial charge in [0.1, 0.15) is 0 Å². The Hall–Kier alpha value is -0.280. The molecule has 1 atom stereocenters. The molecular weight excluding hydrogens is 335 g/mol. The van der Waals surface area contributed by atoms with Gasteiger partial charge in [-0.3, -0.25) is 11.3 Å². The molecule has 0 bridgehead atoms. The van der Waals surface area contributed by atoms with E-state index in [0.717, 1.165) is 27.0 Å². The molecule has 1 aromatic rings. The quantitative estimate of drug-likeness (QED) is 0.379. The summed E-state index contributed by atoms with van der Waals surface area (Å²) >= 11 is 8.27. The van der Waals surface area contributed by atoms with Crippen LogP contribution in [0.25, 0.3) is 0 Å². The SMILES string of the molecule is CC#CCCC(NN)c1cc(Cl)ccc1I. The Labute approximate surface area is 115 Å². The summed E-state index contributed by atoms with van der Waals surface area (Å²) in [6, 6.07) is 5.93. The van der Waals surface area contributed by atoms with E-state index in [1.54, 1.807) is 0 Å². The molecule has 0 aliphatic rings. The van der Waals surface area contributed by atoms with Crippen LogP contribution in [0, 0.1) is 15.4 Å². The van der Waals surface area contributed by atoms with Gasteiger partial charge >= 0.3 is 0 Å². The van der Waals surface area contributed by atoms with Gasteiger partial charge in [0.05, 0.1) is 0 Å². The molecule has 0 saturated carbocycles. The number of nitrogens with two attached hydrogens (primary N) is 1. The van der Waals surface area contributed by atoms with Crippen molar-refractivity contribution in [3.63, 3.8) is 0 Å². The Morgan fingerprint density at radius 3 is 2.94 bits per heavy atom. The fourth-order valence-electron chi connectivity index (χ4n) is 1.45. The van der Waals surface area contributed by atoms with E-state index in [1.807, 2.05) is 25.1 Å². The lowest BCUT2D eigenvalue weighted by atomic mass is 10.0.